The largest absolute Gasteiger partial charge is 0.352 e. The molecule has 0 aliphatic carbocycles. The van der Waals surface area contributed by atoms with E-state index in [1.54, 1.807) is 19.6 Å². The Morgan fingerprint density at radius 2 is 1.14 bits per heavy atom. The van der Waals surface area contributed by atoms with Crippen LogP contribution in [0.3, 0.4) is 0 Å². The van der Waals surface area contributed by atoms with Crippen LogP contribution in [-0.2, 0) is 27.0 Å². The summed E-state index contributed by atoms with van der Waals surface area (Å²) in [5, 5.41) is 0. The molecule has 11 heteroatoms. The maximum Gasteiger partial charge on any atom is 0.312 e. The SMILES string of the molecule is C[Si](C)(C)OP(=O)(CCS(=O)(=O)O[Si](C)(C)C)O[Si](C)(C)C. The van der Waals surface area contributed by atoms with Gasteiger partial charge < -0.3 is 12.3 Å². The zero-order chi connectivity index (χ0) is 18.0. The van der Waals surface area contributed by atoms with E-state index in [2.05, 4.69) is 0 Å². The minimum atomic E-state index is -3.72. The molecular formula is C11H31O6PSSi3. The van der Waals surface area contributed by atoms with E-state index in [0.717, 1.165) is 0 Å². The summed E-state index contributed by atoms with van der Waals surface area (Å²) in [6.45, 7) is 16.8. The summed E-state index contributed by atoms with van der Waals surface area (Å²) in [6, 6.07) is 0. The highest BCUT2D eigenvalue weighted by Crippen LogP contribution is 2.52. The van der Waals surface area contributed by atoms with Crippen LogP contribution in [0.25, 0.3) is 0 Å². The normalized spacial score (nSPS) is 15.1. The summed E-state index contributed by atoms with van der Waals surface area (Å²) in [5.41, 5.74) is 0. The Labute approximate surface area is 139 Å². The molecule has 0 amide bonds. The average molecular weight is 407 g/mol. The molecule has 0 aromatic heterocycles. The fraction of sp³-hybridized carbons (Fsp3) is 1.00. The third-order valence-electron chi connectivity index (χ3n) is 1.82. The van der Waals surface area contributed by atoms with E-state index in [1.807, 2.05) is 39.3 Å². The summed E-state index contributed by atoms with van der Waals surface area (Å²) in [5.74, 6) is -0.344. The van der Waals surface area contributed by atoms with E-state index >= 15 is 0 Å². The van der Waals surface area contributed by atoms with Crippen molar-refractivity contribution in [3.8, 4) is 0 Å². The number of rotatable bonds is 9. The van der Waals surface area contributed by atoms with Crippen LogP contribution in [0.2, 0.25) is 58.9 Å². The Hall–Kier alpha value is 0.711. The maximum atomic E-state index is 13.0. The van der Waals surface area contributed by atoms with Gasteiger partial charge in [-0.05, 0) is 58.9 Å². The highest BCUT2D eigenvalue weighted by molar-refractivity contribution is 7.88. The molecule has 0 spiro atoms. The lowest BCUT2D eigenvalue weighted by Gasteiger charge is -2.31. The van der Waals surface area contributed by atoms with E-state index in [4.69, 9.17) is 12.3 Å². The number of hydrogen-bond acceptors (Lipinski definition) is 6. The van der Waals surface area contributed by atoms with Crippen LogP contribution in [0.1, 0.15) is 0 Å². The van der Waals surface area contributed by atoms with Crippen molar-refractivity contribution in [2.75, 3.05) is 11.9 Å². The molecule has 0 aromatic carbocycles. The maximum absolute atomic E-state index is 13.0. The molecule has 0 rings (SSSR count). The van der Waals surface area contributed by atoms with E-state index in [1.165, 1.54) is 0 Å². The molecule has 0 N–H and O–H groups in total. The molecular weight excluding hydrogens is 375 g/mol. The van der Waals surface area contributed by atoms with Gasteiger partial charge in [-0.1, -0.05) is 0 Å². The molecule has 0 aromatic rings. The fourth-order valence-corrected chi connectivity index (χ4v) is 14.7. The molecule has 0 saturated heterocycles. The molecule has 0 saturated carbocycles. The van der Waals surface area contributed by atoms with Crippen LogP contribution >= 0.6 is 7.60 Å². The van der Waals surface area contributed by atoms with Gasteiger partial charge in [-0.3, -0.25) is 4.57 Å². The second kappa shape index (κ2) is 7.30. The van der Waals surface area contributed by atoms with Gasteiger partial charge in [0.1, 0.15) is 0 Å². The summed E-state index contributed by atoms with van der Waals surface area (Å²) >= 11 is 0. The van der Waals surface area contributed by atoms with Crippen LogP contribution in [-0.4, -0.2) is 45.3 Å². The lowest BCUT2D eigenvalue weighted by Crippen LogP contribution is -2.34. The van der Waals surface area contributed by atoms with Crippen molar-refractivity contribution in [1.82, 2.24) is 0 Å². The van der Waals surface area contributed by atoms with Crippen molar-refractivity contribution in [2.45, 2.75) is 58.9 Å². The fourth-order valence-electron chi connectivity index (χ4n) is 1.59. The van der Waals surface area contributed by atoms with Crippen LogP contribution in [0, 0.1) is 0 Å². The highest BCUT2D eigenvalue weighted by atomic mass is 32.2. The van der Waals surface area contributed by atoms with Gasteiger partial charge in [-0.25, -0.2) is 8.42 Å². The van der Waals surface area contributed by atoms with Gasteiger partial charge in [0.25, 0.3) is 10.1 Å². The van der Waals surface area contributed by atoms with Crippen LogP contribution in [0.5, 0.6) is 0 Å². The minimum Gasteiger partial charge on any atom is -0.352 e. The summed E-state index contributed by atoms with van der Waals surface area (Å²) in [6.07, 6.45) is -0.158. The first-order valence-corrected chi connectivity index (χ1v) is 20.8. The molecule has 0 atom stereocenters. The van der Waals surface area contributed by atoms with Gasteiger partial charge in [0.05, 0.1) is 11.9 Å². The average Bonchev–Trinajstić information content (AvgIpc) is 2.04. The van der Waals surface area contributed by atoms with Crippen molar-refractivity contribution in [1.29, 1.82) is 0 Å². The molecule has 0 aliphatic heterocycles. The standard InChI is InChI=1S/C11H31O6PSSi3/c1-20(2,3)15-18(12,16-21(4,5)6)10-11-19(13,14)17-22(7,8)9/h10-11H2,1-9H3. The van der Waals surface area contributed by atoms with Crippen molar-refractivity contribution in [3.05, 3.63) is 0 Å². The molecule has 0 bridgehead atoms. The zero-order valence-electron chi connectivity index (χ0n) is 15.2. The summed E-state index contributed by atoms with van der Waals surface area (Å²) in [4.78, 5) is 0. The van der Waals surface area contributed by atoms with Gasteiger partial charge in [-0.15, -0.1) is 0 Å². The van der Waals surface area contributed by atoms with Crippen molar-refractivity contribution in [2.24, 2.45) is 0 Å². The van der Waals surface area contributed by atoms with Crippen molar-refractivity contribution in [3.63, 3.8) is 0 Å². The van der Waals surface area contributed by atoms with Crippen LogP contribution < -0.4 is 0 Å². The zero-order valence-corrected chi connectivity index (χ0v) is 19.9. The Morgan fingerprint density at radius 3 is 1.41 bits per heavy atom. The Bertz CT molecular complexity index is 495. The molecule has 0 unspecified atom stereocenters. The lowest BCUT2D eigenvalue weighted by molar-refractivity contribution is 0.383. The van der Waals surface area contributed by atoms with Gasteiger partial charge in [0.2, 0.25) is 8.32 Å². The van der Waals surface area contributed by atoms with Gasteiger partial charge in [0, 0.05) is 0 Å². The lowest BCUT2D eigenvalue weighted by atomic mass is 11.0. The summed E-state index contributed by atoms with van der Waals surface area (Å²) in [7, 11) is -13.6. The molecule has 0 aliphatic rings. The monoisotopic (exact) mass is 406 g/mol. The first-order chi connectivity index (χ1) is 9.33. The van der Waals surface area contributed by atoms with Crippen LogP contribution in [0.15, 0.2) is 0 Å². The second-order valence-electron chi connectivity index (χ2n) is 8.20. The third-order valence-corrected chi connectivity index (χ3v) is 13.2. The topological polar surface area (TPSA) is 78.9 Å². The minimum absolute atomic E-state index is 0.158. The molecule has 134 valence electrons. The quantitative estimate of drug-likeness (QED) is 0.424. The van der Waals surface area contributed by atoms with Gasteiger partial charge >= 0.3 is 7.60 Å². The van der Waals surface area contributed by atoms with Gasteiger partial charge in [-0.2, -0.15) is 0 Å². The Kier molecular flexibility index (Phi) is 7.54. The number of hydrogen-bond donors (Lipinski definition) is 0. The van der Waals surface area contributed by atoms with E-state index in [0.29, 0.717) is 0 Å². The van der Waals surface area contributed by atoms with Crippen LogP contribution in [0.4, 0.5) is 0 Å². The molecule has 0 heterocycles. The predicted molar refractivity (Wildman–Crippen MR) is 99.6 cm³/mol. The van der Waals surface area contributed by atoms with Crippen molar-refractivity contribution < 1.29 is 25.3 Å². The second-order valence-corrected chi connectivity index (χ2v) is 26.2. The smallest absolute Gasteiger partial charge is 0.312 e. The molecule has 0 fully saturated rings. The Balaban J connectivity index is 5.13. The van der Waals surface area contributed by atoms with E-state index in [-0.39, 0.29) is 11.9 Å². The third kappa shape index (κ3) is 12.2. The first-order valence-electron chi connectivity index (χ1n) is 7.26. The van der Waals surface area contributed by atoms with Crippen molar-refractivity contribution >= 4 is 42.7 Å². The molecule has 0 radical (unpaired) electrons. The van der Waals surface area contributed by atoms with E-state index in [9.17, 15) is 13.0 Å². The van der Waals surface area contributed by atoms with Gasteiger partial charge in [0.15, 0.2) is 16.6 Å². The summed E-state index contributed by atoms with van der Waals surface area (Å²) < 4.78 is 53.7. The molecule has 6 nitrogen and oxygen atoms in total. The predicted octanol–water partition coefficient (Wildman–Crippen LogP) is 4.06. The van der Waals surface area contributed by atoms with E-state index < -0.39 is 42.7 Å². The highest BCUT2D eigenvalue weighted by Gasteiger charge is 2.38. The Morgan fingerprint density at radius 1 is 0.773 bits per heavy atom. The molecule has 22 heavy (non-hydrogen) atoms. The first kappa shape index (κ1) is 22.7.